The Balaban J connectivity index is 1.64. The van der Waals surface area contributed by atoms with Crippen molar-refractivity contribution >= 4 is 17.4 Å². The predicted octanol–water partition coefficient (Wildman–Crippen LogP) is 3.13. The number of nitrogens with one attached hydrogen (secondary N) is 2. The van der Waals surface area contributed by atoms with Gasteiger partial charge in [0, 0.05) is 29.3 Å². The van der Waals surface area contributed by atoms with E-state index in [1.807, 2.05) is 12.1 Å². The Labute approximate surface area is 148 Å². The summed E-state index contributed by atoms with van der Waals surface area (Å²) in [5.41, 5.74) is 0.941. The van der Waals surface area contributed by atoms with Crippen LogP contribution in [0.4, 0.5) is 5.69 Å². The number of fused-ring (bicyclic) bond motifs is 1. The monoisotopic (exact) mass is 348 g/mol. The molecule has 6 nitrogen and oxygen atoms in total. The molecule has 2 N–H and O–H groups in total. The van der Waals surface area contributed by atoms with Gasteiger partial charge in [-0.3, -0.25) is 14.4 Å². The van der Waals surface area contributed by atoms with Gasteiger partial charge in [-0.1, -0.05) is 18.2 Å². The Kier molecular flexibility index (Phi) is 4.01. The fourth-order valence-corrected chi connectivity index (χ4v) is 3.24. The number of carbonyl (C=O) groups excluding carboxylic acids is 2. The van der Waals surface area contributed by atoms with Gasteiger partial charge in [0.2, 0.25) is 0 Å². The lowest BCUT2D eigenvalue weighted by atomic mass is 9.84. The molecule has 6 heteroatoms. The highest BCUT2D eigenvalue weighted by molar-refractivity contribution is 6.06. The van der Waals surface area contributed by atoms with Gasteiger partial charge in [-0.05, 0) is 36.8 Å². The number of ketones is 1. The van der Waals surface area contributed by atoms with Gasteiger partial charge in [0.05, 0.1) is 6.26 Å². The second-order valence-electron chi connectivity index (χ2n) is 6.27. The molecule has 2 heterocycles. The van der Waals surface area contributed by atoms with E-state index in [1.165, 1.54) is 6.07 Å². The number of hydrogen-bond acceptors (Lipinski definition) is 4. The van der Waals surface area contributed by atoms with Crippen molar-refractivity contribution in [2.75, 3.05) is 5.32 Å². The summed E-state index contributed by atoms with van der Waals surface area (Å²) in [6, 6.07) is 13.8. The number of Topliss-reactive ketones (excluding diaryl/α,β-unsaturated/α-hetero) is 1. The van der Waals surface area contributed by atoms with Crippen LogP contribution in [-0.2, 0) is 6.42 Å². The third kappa shape index (κ3) is 2.97. The maximum absolute atomic E-state index is 12.5. The number of rotatable bonds is 3. The lowest BCUT2D eigenvalue weighted by molar-refractivity contribution is 0.0959. The fourth-order valence-electron chi connectivity index (χ4n) is 3.24. The first-order valence-corrected chi connectivity index (χ1v) is 8.31. The SMILES string of the molecule is O=C1CC(c2ccco2)Cc2[nH]c(=O)c(C(=O)Nc3ccccc3)cc21. The summed E-state index contributed by atoms with van der Waals surface area (Å²) in [6.45, 7) is 0. The molecule has 3 aromatic rings. The van der Waals surface area contributed by atoms with Crippen LogP contribution < -0.4 is 10.9 Å². The van der Waals surface area contributed by atoms with Crippen molar-refractivity contribution in [1.82, 2.24) is 4.98 Å². The molecule has 1 aliphatic carbocycles. The molecule has 26 heavy (non-hydrogen) atoms. The molecule has 130 valence electrons. The van der Waals surface area contributed by atoms with E-state index in [2.05, 4.69) is 10.3 Å². The standard InChI is InChI=1S/C20H16N2O4/c23-17-10-12(18-7-4-8-26-18)9-16-14(17)11-15(20(25)22-16)19(24)21-13-5-2-1-3-6-13/h1-8,11-12H,9-10H2,(H,21,24)(H,22,25). The van der Waals surface area contributed by atoms with Crippen molar-refractivity contribution in [2.24, 2.45) is 0 Å². The zero-order chi connectivity index (χ0) is 18.1. The lowest BCUT2D eigenvalue weighted by Gasteiger charge is -2.22. The Morgan fingerprint density at radius 3 is 2.62 bits per heavy atom. The molecule has 0 fully saturated rings. The second kappa shape index (κ2) is 6.48. The predicted molar refractivity (Wildman–Crippen MR) is 95.6 cm³/mol. The van der Waals surface area contributed by atoms with Crippen molar-refractivity contribution < 1.29 is 14.0 Å². The first-order chi connectivity index (χ1) is 12.6. The number of H-pyrrole nitrogens is 1. The van der Waals surface area contributed by atoms with E-state index in [-0.39, 0.29) is 23.7 Å². The van der Waals surface area contributed by atoms with Crippen molar-refractivity contribution in [2.45, 2.75) is 18.8 Å². The van der Waals surface area contributed by atoms with E-state index in [9.17, 15) is 14.4 Å². The molecular formula is C20H16N2O4. The van der Waals surface area contributed by atoms with Gasteiger partial charge < -0.3 is 14.7 Å². The normalized spacial score (nSPS) is 16.2. The summed E-state index contributed by atoms with van der Waals surface area (Å²) in [4.78, 5) is 40.0. The van der Waals surface area contributed by atoms with Crippen LogP contribution in [0.25, 0.3) is 0 Å². The van der Waals surface area contributed by atoms with E-state index in [0.29, 0.717) is 23.4 Å². The quantitative estimate of drug-likeness (QED) is 0.760. The second-order valence-corrected chi connectivity index (χ2v) is 6.27. The first kappa shape index (κ1) is 16.1. The van der Waals surface area contributed by atoms with Crippen LogP contribution in [0.5, 0.6) is 0 Å². The van der Waals surface area contributed by atoms with Gasteiger partial charge in [0.25, 0.3) is 11.5 Å². The molecule has 1 amide bonds. The number of aromatic nitrogens is 1. The number of carbonyl (C=O) groups is 2. The van der Waals surface area contributed by atoms with E-state index >= 15 is 0 Å². The number of pyridine rings is 1. The molecule has 0 bridgehead atoms. The number of para-hydroxylation sites is 1. The average molecular weight is 348 g/mol. The summed E-state index contributed by atoms with van der Waals surface area (Å²) in [5.74, 6) is -0.0424. The maximum atomic E-state index is 12.5. The van der Waals surface area contributed by atoms with E-state index < -0.39 is 11.5 Å². The van der Waals surface area contributed by atoms with Gasteiger partial charge >= 0.3 is 0 Å². The number of hydrogen-bond donors (Lipinski definition) is 2. The summed E-state index contributed by atoms with van der Waals surface area (Å²) in [5, 5.41) is 2.67. The number of amides is 1. The van der Waals surface area contributed by atoms with Crippen LogP contribution in [0.15, 0.2) is 64.0 Å². The third-order valence-corrected chi connectivity index (χ3v) is 4.53. The maximum Gasteiger partial charge on any atom is 0.261 e. The molecule has 1 atom stereocenters. The molecular weight excluding hydrogens is 332 g/mol. The molecule has 0 spiro atoms. The molecule has 0 saturated carbocycles. The molecule has 1 aromatic carbocycles. The first-order valence-electron chi connectivity index (χ1n) is 8.31. The van der Waals surface area contributed by atoms with Gasteiger partial charge in [0.15, 0.2) is 5.78 Å². The van der Waals surface area contributed by atoms with Crippen LogP contribution in [0.1, 0.15) is 44.5 Å². The van der Waals surface area contributed by atoms with E-state index in [4.69, 9.17) is 4.42 Å². The van der Waals surface area contributed by atoms with Crippen LogP contribution >= 0.6 is 0 Å². The largest absolute Gasteiger partial charge is 0.469 e. The zero-order valence-corrected chi connectivity index (χ0v) is 13.8. The Morgan fingerprint density at radius 2 is 1.88 bits per heavy atom. The van der Waals surface area contributed by atoms with E-state index in [1.54, 1.807) is 36.6 Å². The topological polar surface area (TPSA) is 92.2 Å². The fraction of sp³-hybridized carbons (Fsp3) is 0.150. The number of benzene rings is 1. The average Bonchev–Trinajstić information content (AvgIpc) is 3.16. The Morgan fingerprint density at radius 1 is 1.08 bits per heavy atom. The summed E-state index contributed by atoms with van der Waals surface area (Å²) < 4.78 is 5.39. The summed E-state index contributed by atoms with van der Waals surface area (Å²) >= 11 is 0. The van der Waals surface area contributed by atoms with Gasteiger partial charge in [-0.25, -0.2) is 0 Å². The smallest absolute Gasteiger partial charge is 0.261 e. The van der Waals surface area contributed by atoms with E-state index in [0.717, 1.165) is 5.76 Å². The van der Waals surface area contributed by atoms with Crippen molar-refractivity contribution in [3.63, 3.8) is 0 Å². The van der Waals surface area contributed by atoms with Crippen LogP contribution in [0.2, 0.25) is 0 Å². The molecule has 0 aliphatic heterocycles. The summed E-state index contributed by atoms with van der Waals surface area (Å²) in [6.07, 6.45) is 2.34. The molecule has 1 aliphatic rings. The highest BCUT2D eigenvalue weighted by Crippen LogP contribution is 2.31. The molecule has 4 rings (SSSR count). The Hall–Kier alpha value is -3.41. The molecule has 2 aromatic heterocycles. The van der Waals surface area contributed by atoms with Crippen LogP contribution in [0, 0.1) is 0 Å². The van der Waals surface area contributed by atoms with Gasteiger partial charge in [0.1, 0.15) is 11.3 Å². The van der Waals surface area contributed by atoms with Crippen molar-refractivity contribution in [3.05, 3.63) is 87.7 Å². The lowest BCUT2D eigenvalue weighted by Crippen LogP contribution is -2.29. The van der Waals surface area contributed by atoms with Crippen LogP contribution in [-0.4, -0.2) is 16.7 Å². The molecule has 0 radical (unpaired) electrons. The van der Waals surface area contributed by atoms with Crippen molar-refractivity contribution in [3.8, 4) is 0 Å². The van der Waals surface area contributed by atoms with Crippen LogP contribution in [0.3, 0.4) is 0 Å². The van der Waals surface area contributed by atoms with Gasteiger partial charge in [-0.15, -0.1) is 0 Å². The highest BCUT2D eigenvalue weighted by Gasteiger charge is 2.30. The van der Waals surface area contributed by atoms with Gasteiger partial charge in [-0.2, -0.15) is 0 Å². The molecule has 1 unspecified atom stereocenters. The minimum Gasteiger partial charge on any atom is -0.469 e. The highest BCUT2D eigenvalue weighted by atomic mass is 16.3. The summed E-state index contributed by atoms with van der Waals surface area (Å²) in [7, 11) is 0. The number of aromatic amines is 1. The minimum absolute atomic E-state index is 0.0719. The number of furan rings is 1. The Bertz CT molecular complexity index is 1020. The molecule has 0 saturated heterocycles. The third-order valence-electron chi connectivity index (χ3n) is 4.53. The zero-order valence-electron chi connectivity index (χ0n) is 13.8. The van der Waals surface area contributed by atoms with Crippen molar-refractivity contribution in [1.29, 1.82) is 0 Å². The minimum atomic E-state index is -0.541. The number of anilines is 1.